The molecule has 5 aromatic carbocycles. The first-order valence-electron chi connectivity index (χ1n) is 18.2. The molecule has 0 saturated carbocycles. The van der Waals surface area contributed by atoms with Crippen LogP contribution in [0, 0.1) is 0 Å². The van der Waals surface area contributed by atoms with Gasteiger partial charge in [0, 0.05) is 0 Å². The Balaban J connectivity index is 1.51. The monoisotopic (exact) mass is 779 g/mol. The molecule has 253 valence electrons. The first-order chi connectivity index (χ1) is 23.0. The zero-order valence-corrected chi connectivity index (χ0v) is 35.9. The van der Waals surface area contributed by atoms with Crippen LogP contribution in [0.5, 0.6) is 0 Å². The summed E-state index contributed by atoms with van der Waals surface area (Å²) in [5.74, 6) is -1.69. The van der Waals surface area contributed by atoms with Gasteiger partial charge in [0.1, 0.15) is 0 Å². The molecule has 0 spiro atoms. The van der Waals surface area contributed by atoms with Crippen LogP contribution in [0.3, 0.4) is 0 Å². The average Bonchev–Trinajstić information content (AvgIpc) is 3.61. The van der Waals surface area contributed by atoms with Crippen LogP contribution in [0.15, 0.2) is 96.6 Å². The number of hydrogen-bond donors (Lipinski definition) is 0. The van der Waals surface area contributed by atoms with E-state index >= 15 is 0 Å². The van der Waals surface area contributed by atoms with E-state index in [1.165, 1.54) is 75.3 Å². The standard InChI is InChI=1S/C22H19.C21H25.C2H7Si.2ClH.Zr/c1-2-7-16-14-18-10-6-13-21(22(18)15-16)20-12-5-9-17-8-3-4-11-19(17)20;1-20(2,3)16-9-7-14-11-15-8-10-17(21(4,5)6)13-19(15)18(14)12-16;1-3-2;;;/h3-6,8-15H,2,7H2,1H3;7,9-10,12-13H,11H2,1-6H3;3H,1-2H3;2*1H;/q;;;;;+2/p-2. The van der Waals surface area contributed by atoms with E-state index in [0.29, 0.717) is 0 Å². The predicted octanol–water partition coefficient (Wildman–Crippen LogP) is 13.2. The Morgan fingerprint density at radius 3 is 2.06 bits per heavy atom. The van der Waals surface area contributed by atoms with Gasteiger partial charge in [-0.3, -0.25) is 0 Å². The van der Waals surface area contributed by atoms with Crippen molar-refractivity contribution in [2.45, 2.75) is 95.3 Å². The summed E-state index contributed by atoms with van der Waals surface area (Å²) in [6.07, 6.45) is 5.49. The van der Waals surface area contributed by atoms with E-state index in [1.54, 1.807) is 0 Å². The third-order valence-electron chi connectivity index (χ3n) is 11.6. The van der Waals surface area contributed by atoms with Gasteiger partial charge >= 0.3 is 306 Å². The molecule has 0 N–H and O–H groups in total. The zero-order chi connectivity index (χ0) is 35.1. The molecule has 1 unspecified atom stereocenters. The zero-order valence-electron chi connectivity index (χ0n) is 30.8. The maximum atomic E-state index is 8.76. The summed E-state index contributed by atoms with van der Waals surface area (Å²) in [6, 6.07) is 34.5. The molecular weight excluding hydrogens is 731 g/mol. The summed E-state index contributed by atoms with van der Waals surface area (Å²) in [5, 5.41) is 2.55. The number of fused-ring (bicyclic) bond motifs is 5. The Morgan fingerprint density at radius 2 is 1.37 bits per heavy atom. The SMILES string of the molecule is CCCC1=Cc2c(-c3cccc4ccccc34)cccc2[CH]1[Zr]([Cl])([Cl])([c]1cc(C(C)(C)C)cc2c1Cc1ccc(C(C)(C)C)cc1-2)[SiH](C)C. The molecule has 0 fully saturated rings. The quantitative estimate of drug-likeness (QED) is 0.148. The van der Waals surface area contributed by atoms with Crippen molar-refractivity contribution < 1.29 is 15.6 Å². The van der Waals surface area contributed by atoms with E-state index in [0.717, 1.165) is 19.3 Å². The van der Waals surface area contributed by atoms with Gasteiger partial charge in [-0.15, -0.1) is 0 Å². The summed E-state index contributed by atoms with van der Waals surface area (Å²) >= 11 is -4.96. The second-order valence-corrected chi connectivity index (χ2v) is 58.6. The molecule has 0 aromatic heterocycles. The molecule has 0 aliphatic heterocycles. The topological polar surface area (TPSA) is 0 Å². The van der Waals surface area contributed by atoms with Gasteiger partial charge in [0.05, 0.1) is 0 Å². The molecule has 0 amide bonds. The van der Waals surface area contributed by atoms with E-state index < -0.39 is 21.5 Å². The van der Waals surface area contributed by atoms with Gasteiger partial charge in [-0.1, -0.05) is 0 Å². The Labute approximate surface area is 303 Å². The maximum absolute atomic E-state index is 8.76. The van der Waals surface area contributed by atoms with Crippen molar-refractivity contribution in [2.24, 2.45) is 0 Å². The van der Waals surface area contributed by atoms with E-state index in [1.807, 2.05) is 0 Å². The fourth-order valence-corrected chi connectivity index (χ4v) is 36.4. The van der Waals surface area contributed by atoms with E-state index in [4.69, 9.17) is 17.0 Å². The molecule has 0 nitrogen and oxygen atoms in total. The number of halogens is 2. The summed E-state index contributed by atoms with van der Waals surface area (Å²) in [7, 11) is 17.5. The van der Waals surface area contributed by atoms with Crippen molar-refractivity contribution in [3.05, 3.63) is 130 Å². The summed E-state index contributed by atoms with van der Waals surface area (Å²) < 4.78 is 1.41. The minimum atomic E-state index is -4.96. The van der Waals surface area contributed by atoms with Crippen LogP contribution in [0.1, 0.15) is 98.3 Å². The van der Waals surface area contributed by atoms with Crippen molar-refractivity contribution in [3.8, 4) is 22.3 Å². The van der Waals surface area contributed by atoms with Crippen molar-refractivity contribution in [2.75, 3.05) is 0 Å². The first kappa shape index (κ1) is 35.2. The molecule has 5 aromatic rings. The minimum absolute atomic E-state index is 0.0409. The number of benzene rings is 5. The van der Waals surface area contributed by atoms with Gasteiger partial charge in [0.25, 0.3) is 0 Å². The Bertz CT molecular complexity index is 2150. The third-order valence-corrected chi connectivity index (χ3v) is 61.5. The molecule has 1 atom stereocenters. The number of rotatable bonds is 6. The Morgan fingerprint density at radius 1 is 0.714 bits per heavy atom. The molecule has 0 saturated heterocycles. The normalized spacial score (nSPS) is 16.7. The molecular formula is C45H51Cl2SiZr. The second kappa shape index (κ2) is 12.2. The van der Waals surface area contributed by atoms with Crippen LogP contribution in [0.2, 0.25) is 13.1 Å². The predicted molar refractivity (Wildman–Crippen MR) is 217 cm³/mol. The second-order valence-electron chi connectivity index (χ2n) is 17.1. The molecule has 0 bridgehead atoms. The van der Waals surface area contributed by atoms with Crippen LogP contribution >= 0.6 is 17.0 Å². The van der Waals surface area contributed by atoms with Crippen molar-refractivity contribution in [1.29, 1.82) is 0 Å². The van der Waals surface area contributed by atoms with Gasteiger partial charge in [0.15, 0.2) is 0 Å². The van der Waals surface area contributed by atoms with E-state index in [9.17, 15) is 0 Å². The van der Waals surface area contributed by atoms with Crippen molar-refractivity contribution >= 4 is 43.1 Å². The molecule has 0 radical (unpaired) electrons. The molecule has 0 heterocycles. The number of hydrogen-bond acceptors (Lipinski definition) is 0. The molecule has 7 rings (SSSR count). The van der Waals surface area contributed by atoms with Gasteiger partial charge in [-0.05, 0) is 0 Å². The van der Waals surface area contributed by atoms with Gasteiger partial charge in [-0.25, -0.2) is 0 Å². The number of allylic oxidation sites excluding steroid dienone is 1. The van der Waals surface area contributed by atoms with Gasteiger partial charge in [0.2, 0.25) is 0 Å². The van der Waals surface area contributed by atoms with Crippen LogP contribution in [0.4, 0.5) is 0 Å². The fraction of sp³-hybridized carbons (Fsp3) is 0.333. The summed E-state index contributed by atoms with van der Waals surface area (Å²) in [5.41, 5.74) is 15.0. The van der Waals surface area contributed by atoms with Crippen LogP contribution in [-0.2, 0) is 32.8 Å². The molecule has 4 heteroatoms. The van der Waals surface area contributed by atoms with Gasteiger partial charge < -0.3 is 0 Å². The van der Waals surface area contributed by atoms with Crippen molar-refractivity contribution in [1.82, 2.24) is 0 Å². The first-order valence-corrected chi connectivity index (χ1v) is 34.4. The van der Waals surface area contributed by atoms with Crippen LogP contribution in [-0.4, -0.2) is 5.92 Å². The Kier molecular flexibility index (Phi) is 8.76. The van der Waals surface area contributed by atoms with Crippen LogP contribution in [0.25, 0.3) is 39.1 Å². The van der Waals surface area contributed by atoms with Crippen molar-refractivity contribution in [3.63, 3.8) is 0 Å². The molecule has 2 aliphatic rings. The fourth-order valence-electron chi connectivity index (χ4n) is 8.69. The average molecular weight is 782 g/mol. The van der Waals surface area contributed by atoms with E-state index in [2.05, 4.69) is 159 Å². The molecule has 49 heavy (non-hydrogen) atoms. The van der Waals surface area contributed by atoms with E-state index in [-0.39, 0.29) is 14.5 Å². The van der Waals surface area contributed by atoms with Crippen LogP contribution < -0.4 is 3.27 Å². The van der Waals surface area contributed by atoms with Gasteiger partial charge in [-0.2, -0.15) is 0 Å². The third kappa shape index (κ3) is 5.64. The Hall–Kier alpha value is -2.22. The molecule has 2 aliphatic carbocycles. The summed E-state index contributed by atoms with van der Waals surface area (Å²) in [6.45, 7) is 21.2. The summed E-state index contributed by atoms with van der Waals surface area (Å²) in [4.78, 5) is 0.